The zero-order chi connectivity index (χ0) is 18.0. The SMILES string of the molecule is C=CCC(C/C(F)=C/c1ccccc1)(C(=O)OCC)C(=O)OCC. The molecule has 1 rings (SSSR count). The molecule has 1 aromatic carbocycles. The molecule has 1 aromatic rings. The van der Waals surface area contributed by atoms with Crippen LogP contribution in [0.5, 0.6) is 0 Å². The molecule has 0 amide bonds. The van der Waals surface area contributed by atoms with Gasteiger partial charge in [-0.15, -0.1) is 6.58 Å². The number of benzene rings is 1. The number of carbonyl (C=O) groups excluding carboxylic acids is 2. The fraction of sp³-hybridized carbons (Fsp3) is 0.368. The molecule has 0 N–H and O–H groups in total. The fourth-order valence-electron chi connectivity index (χ4n) is 2.32. The number of esters is 2. The van der Waals surface area contributed by atoms with Gasteiger partial charge in [0.05, 0.1) is 13.2 Å². The van der Waals surface area contributed by atoms with E-state index < -0.39 is 29.6 Å². The van der Waals surface area contributed by atoms with E-state index in [1.807, 2.05) is 6.07 Å². The molecule has 0 aliphatic carbocycles. The Labute approximate surface area is 142 Å². The normalized spacial score (nSPS) is 11.7. The Kier molecular flexibility index (Phi) is 7.89. The van der Waals surface area contributed by atoms with Crippen molar-refractivity contribution < 1.29 is 23.5 Å². The highest BCUT2D eigenvalue weighted by atomic mass is 19.1. The van der Waals surface area contributed by atoms with Gasteiger partial charge < -0.3 is 9.47 Å². The lowest BCUT2D eigenvalue weighted by atomic mass is 9.80. The number of hydrogen-bond acceptors (Lipinski definition) is 4. The van der Waals surface area contributed by atoms with Crippen LogP contribution in [-0.4, -0.2) is 25.2 Å². The predicted octanol–water partition coefficient (Wildman–Crippen LogP) is 4.08. The second-order valence-corrected chi connectivity index (χ2v) is 5.19. The van der Waals surface area contributed by atoms with Gasteiger partial charge in [0.1, 0.15) is 5.83 Å². The molecule has 0 saturated heterocycles. The summed E-state index contributed by atoms with van der Waals surface area (Å²) in [6.45, 7) is 6.98. The van der Waals surface area contributed by atoms with E-state index in [1.54, 1.807) is 38.1 Å². The zero-order valence-corrected chi connectivity index (χ0v) is 14.1. The Bertz CT molecular complexity index is 575. The van der Waals surface area contributed by atoms with Gasteiger partial charge in [0, 0.05) is 6.42 Å². The summed E-state index contributed by atoms with van der Waals surface area (Å²) in [6, 6.07) is 8.81. The largest absolute Gasteiger partial charge is 0.465 e. The van der Waals surface area contributed by atoms with Gasteiger partial charge in [0.15, 0.2) is 5.41 Å². The number of ether oxygens (including phenoxy) is 2. The minimum Gasteiger partial charge on any atom is -0.465 e. The van der Waals surface area contributed by atoms with E-state index in [4.69, 9.17) is 9.47 Å². The quantitative estimate of drug-likeness (QED) is 0.388. The summed E-state index contributed by atoms with van der Waals surface area (Å²) >= 11 is 0. The van der Waals surface area contributed by atoms with Crippen LogP contribution in [-0.2, 0) is 19.1 Å². The van der Waals surface area contributed by atoms with Crippen LogP contribution in [0.2, 0.25) is 0 Å². The standard InChI is InChI=1S/C19H23FO4/c1-4-12-19(17(21)23-5-2,18(22)24-6-3)14-16(20)13-15-10-8-7-9-11-15/h4,7-11,13H,1,5-6,12,14H2,2-3H3/b16-13-. The number of hydrogen-bond donors (Lipinski definition) is 0. The minimum absolute atomic E-state index is 0.0687. The van der Waals surface area contributed by atoms with E-state index in [0.717, 1.165) is 0 Å². The number of allylic oxidation sites excluding steroid dienone is 2. The van der Waals surface area contributed by atoms with Crippen LogP contribution >= 0.6 is 0 Å². The fourth-order valence-corrected chi connectivity index (χ4v) is 2.32. The first-order valence-electron chi connectivity index (χ1n) is 7.86. The van der Waals surface area contributed by atoms with Crippen molar-refractivity contribution in [2.24, 2.45) is 5.41 Å². The Hall–Kier alpha value is -2.43. The third kappa shape index (κ3) is 5.05. The van der Waals surface area contributed by atoms with Crippen LogP contribution < -0.4 is 0 Å². The van der Waals surface area contributed by atoms with Gasteiger partial charge >= 0.3 is 11.9 Å². The Morgan fingerprint density at radius 2 is 1.67 bits per heavy atom. The van der Waals surface area contributed by atoms with E-state index >= 15 is 0 Å². The molecule has 0 aromatic heterocycles. The van der Waals surface area contributed by atoms with Gasteiger partial charge in [-0.25, -0.2) is 4.39 Å². The second-order valence-electron chi connectivity index (χ2n) is 5.19. The lowest BCUT2D eigenvalue weighted by molar-refractivity contribution is -0.172. The summed E-state index contributed by atoms with van der Waals surface area (Å²) in [5.74, 6) is -2.22. The summed E-state index contributed by atoms with van der Waals surface area (Å²) in [5, 5.41) is 0. The van der Waals surface area contributed by atoms with Gasteiger partial charge in [-0.3, -0.25) is 9.59 Å². The van der Waals surface area contributed by atoms with Crippen molar-refractivity contribution in [3.05, 3.63) is 54.4 Å². The van der Waals surface area contributed by atoms with Crippen molar-refractivity contribution in [2.75, 3.05) is 13.2 Å². The molecular weight excluding hydrogens is 311 g/mol. The summed E-state index contributed by atoms with van der Waals surface area (Å²) in [5.41, 5.74) is -1.13. The molecule has 0 aliphatic rings. The van der Waals surface area contributed by atoms with Gasteiger partial charge in [0.2, 0.25) is 0 Å². The van der Waals surface area contributed by atoms with Crippen molar-refractivity contribution in [2.45, 2.75) is 26.7 Å². The van der Waals surface area contributed by atoms with E-state index in [-0.39, 0.29) is 19.6 Å². The molecule has 0 unspecified atom stereocenters. The van der Waals surface area contributed by atoms with Crippen molar-refractivity contribution in [3.63, 3.8) is 0 Å². The number of halogens is 1. The van der Waals surface area contributed by atoms with Gasteiger partial charge in [-0.1, -0.05) is 36.4 Å². The average molecular weight is 334 g/mol. The highest BCUT2D eigenvalue weighted by Gasteiger charge is 2.48. The first-order valence-corrected chi connectivity index (χ1v) is 7.86. The van der Waals surface area contributed by atoms with E-state index in [1.165, 1.54) is 12.2 Å². The van der Waals surface area contributed by atoms with Crippen LogP contribution in [0.1, 0.15) is 32.3 Å². The third-order valence-electron chi connectivity index (χ3n) is 3.42. The van der Waals surface area contributed by atoms with Crippen molar-refractivity contribution in [1.29, 1.82) is 0 Å². The third-order valence-corrected chi connectivity index (χ3v) is 3.42. The van der Waals surface area contributed by atoms with Crippen molar-refractivity contribution >= 4 is 18.0 Å². The lowest BCUT2D eigenvalue weighted by Gasteiger charge is -2.27. The zero-order valence-electron chi connectivity index (χ0n) is 14.1. The molecule has 0 bridgehead atoms. The first kappa shape index (κ1) is 19.6. The van der Waals surface area contributed by atoms with Gasteiger partial charge in [-0.2, -0.15) is 0 Å². The smallest absolute Gasteiger partial charge is 0.324 e. The van der Waals surface area contributed by atoms with Crippen LogP contribution in [0.4, 0.5) is 4.39 Å². The summed E-state index contributed by atoms with van der Waals surface area (Å²) in [7, 11) is 0. The molecule has 0 heterocycles. The molecular formula is C19H23FO4. The first-order chi connectivity index (χ1) is 11.5. The maximum Gasteiger partial charge on any atom is 0.324 e. The Morgan fingerprint density at radius 1 is 1.12 bits per heavy atom. The predicted molar refractivity (Wildman–Crippen MR) is 90.7 cm³/mol. The molecule has 0 radical (unpaired) electrons. The van der Waals surface area contributed by atoms with Crippen LogP contribution in [0, 0.1) is 5.41 Å². The molecule has 0 atom stereocenters. The average Bonchev–Trinajstić information content (AvgIpc) is 2.55. The molecule has 0 aliphatic heterocycles. The number of carbonyl (C=O) groups is 2. The minimum atomic E-state index is -1.76. The summed E-state index contributed by atoms with van der Waals surface area (Å²) in [4.78, 5) is 24.8. The van der Waals surface area contributed by atoms with Gasteiger partial charge in [-0.05, 0) is 31.9 Å². The lowest BCUT2D eigenvalue weighted by Crippen LogP contribution is -2.42. The monoisotopic (exact) mass is 334 g/mol. The molecule has 4 nitrogen and oxygen atoms in total. The summed E-state index contributed by atoms with van der Waals surface area (Å²) < 4.78 is 24.5. The van der Waals surface area contributed by atoms with Crippen molar-refractivity contribution in [1.82, 2.24) is 0 Å². The van der Waals surface area contributed by atoms with E-state index in [9.17, 15) is 14.0 Å². The highest BCUT2D eigenvalue weighted by molar-refractivity contribution is 6.00. The van der Waals surface area contributed by atoms with Crippen LogP contribution in [0.3, 0.4) is 0 Å². The van der Waals surface area contributed by atoms with E-state index in [2.05, 4.69) is 6.58 Å². The Balaban J connectivity index is 3.19. The summed E-state index contributed by atoms with van der Waals surface area (Å²) in [6.07, 6.45) is 2.17. The Morgan fingerprint density at radius 3 is 2.12 bits per heavy atom. The van der Waals surface area contributed by atoms with Gasteiger partial charge in [0.25, 0.3) is 0 Å². The molecule has 130 valence electrons. The molecule has 0 fully saturated rings. The molecule has 24 heavy (non-hydrogen) atoms. The molecule has 0 spiro atoms. The second kappa shape index (κ2) is 9.65. The molecule has 0 saturated carbocycles. The highest BCUT2D eigenvalue weighted by Crippen LogP contribution is 2.35. The maximum atomic E-state index is 14.5. The topological polar surface area (TPSA) is 52.6 Å². The van der Waals surface area contributed by atoms with E-state index in [0.29, 0.717) is 5.56 Å². The van der Waals surface area contributed by atoms with Crippen molar-refractivity contribution in [3.8, 4) is 0 Å². The maximum absolute atomic E-state index is 14.5. The van der Waals surface area contributed by atoms with Crippen LogP contribution in [0.25, 0.3) is 6.08 Å². The van der Waals surface area contributed by atoms with Crippen LogP contribution in [0.15, 0.2) is 48.8 Å². The number of rotatable bonds is 9. The molecule has 5 heteroatoms.